The summed E-state index contributed by atoms with van der Waals surface area (Å²) in [5.41, 5.74) is 5.06. The number of benzene rings is 4. The maximum absolute atomic E-state index is 11.2. The fourth-order valence-electron chi connectivity index (χ4n) is 5.42. The molecule has 2 aromatic heterocycles. The first-order valence-corrected chi connectivity index (χ1v) is 20.1. The van der Waals surface area contributed by atoms with E-state index >= 15 is 0 Å². The number of hydrogen-bond acceptors (Lipinski definition) is 17. The molecule has 2 heterocycles. The summed E-state index contributed by atoms with van der Waals surface area (Å²) in [6.45, 7) is 1.82. The average Bonchev–Trinajstić information content (AvgIpc) is 3.93. The Balaban J connectivity index is 0.000000559. The van der Waals surface area contributed by atoms with Crippen LogP contribution in [-0.4, -0.2) is 93.6 Å². The van der Waals surface area contributed by atoms with Crippen molar-refractivity contribution in [3.8, 4) is 45.5 Å². The van der Waals surface area contributed by atoms with Gasteiger partial charge >= 0.3 is 0 Å². The fraction of sp³-hybridized carbons (Fsp3) is 0.318. The highest BCUT2D eigenvalue weighted by Crippen LogP contribution is 2.35. The van der Waals surface area contributed by atoms with E-state index in [1.54, 1.807) is 64.0 Å². The molecule has 0 aliphatic heterocycles. The maximum Gasteiger partial charge on any atom is 0.270 e. The zero-order valence-electron chi connectivity index (χ0n) is 35.5. The largest absolute Gasteiger partial charge is 0.493 e. The minimum Gasteiger partial charge on any atom is -0.493 e. The number of aliphatic hydroxyl groups is 1. The topological polar surface area (TPSA) is 209 Å². The molecule has 6 aromatic rings. The van der Waals surface area contributed by atoms with E-state index in [2.05, 4.69) is 20.9 Å². The molecule has 63 heavy (non-hydrogen) atoms. The number of hydrogen-bond donors (Lipinski definition) is 4. The Kier molecular flexibility index (Phi) is 24.5. The van der Waals surface area contributed by atoms with Crippen molar-refractivity contribution >= 4 is 44.3 Å². The van der Waals surface area contributed by atoms with Crippen LogP contribution in [0.5, 0.6) is 23.0 Å². The minimum absolute atomic E-state index is 0. The van der Waals surface area contributed by atoms with Gasteiger partial charge in [0, 0.05) is 72.4 Å². The fourth-order valence-corrected chi connectivity index (χ4v) is 7.23. The first-order chi connectivity index (χ1) is 29.4. The molecule has 0 saturated heterocycles. The third kappa shape index (κ3) is 16.4. The summed E-state index contributed by atoms with van der Waals surface area (Å²) in [6, 6.07) is 24.5. The van der Waals surface area contributed by atoms with Crippen molar-refractivity contribution < 1.29 is 33.9 Å². The summed E-state index contributed by atoms with van der Waals surface area (Å²) >= 11 is 2.99. The van der Waals surface area contributed by atoms with Gasteiger partial charge in [-0.2, -0.15) is 0 Å². The number of aromatic nitrogens is 2. The number of nitrogens with one attached hydrogen (secondary N) is 3. The first kappa shape index (κ1) is 54.6. The van der Waals surface area contributed by atoms with Gasteiger partial charge in [0.25, 0.3) is 11.4 Å². The van der Waals surface area contributed by atoms with Crippen LogP contribution in [0.3, 0.4) is 0 Å². The molecule has 4 N–H and O–H groups in total. The van der Waals surface area contributed by atoms with Crippen molar-refractivity contribution in [2.75, 3.05) is 74.4 Å². The summed E-state index contributed by atoms with van der Waals surface area (Å²) < 4.78 is 21.2. The number of rotatable bonds is 16. The highest BCUT2D eigenvalue weighted by molar-refractivity contribution is 7.16. The molecule has 0 fully saturated rings. The summed E-state index contributed by atoms with van der Waals surface area (Å²) in [4.78, 5) is 33.6. The minimum atomic E-state index is -0.411. The van der Waals surface area contributed by atoms with E-state index < -0.39 is 9.85 Å². The van der Waals surface area contributed by atoms with Crippen molar-refractivity contribution in [2.24, 2.45) is 0 Å². The van der Waals surface area contributed by atoms with E-state index in [1.807, 2.05) is 80.9 Å². The second-order valence-electron chi connectivity index (χ2n) is 12.8. The number of nitro benzene ring substituents is 2. The molecule has 4 aromatic carbocycles. The predicted octanol–water partition coefficient (Wildman–Crippen LogP) is 9.47. The van der Waals surface area contributed by atoms with Gasteiger partial charge in [-0.1, -0.05) is 51.3 Å². The molecule has 0 unspecified atom stereocenters. The molecule has 0 atom stereocenters. The lowest BCUT2D eigenvalue weighted by Gasteiger charge is -2.10. The van der Waals surface area contributed by atoms with Crippen LogP contribution in [0.1, 0.15) is 30.9 Å². The highest BCUT2D eigenvalue weighted by Gasteiger charge is 2.17. The normalized spacial score (nSPS) is 9.83. The van der Waals surface area contributed by atoms with Crippen LogP contribution in [-0.2, 0) is 19.6 Å². The second kappa shape index (κ2) is 28.3. The van der Waals surface area contributed by atoms with E-state index in [0.717, 1.165) is 50.2 Å². The Morgan fingerprint density at radius 2 is 1.13 bits per heavy atom. The number of nitrogens with zero attached hydrogens (tertiary/aromatic N) is 5. The molecule has 0 saturated carbocycles. The van der Waals surface area contributed by atoms with Crippen LogP contribution in [0.15, 0.2) is 90.3 Å². The Hall–Kier alpha value is -6.38. The number of thiazole rings is 2. The zero-order valence-corrected chi connectivity index (χ0v) is 37.2. The molecule has 0 aliphatic carbocycles. The number of non-ortho nitro benzene ring substituents is 2. The van der Waals surface area contributed by atoms with Crippen LogP contribution in [0.4, 0.5) is 21.6 Å². The van der Waals surface area contributed by atoms with Crippen LogP contribution >= 0.6 is 22.7 Å². The lowest BCUT2D eigenvalue weighted by molar-refractivity contribution is -0.385. The predicted molar refractivity (Wildman–Crippen MR) is 256 cm³/mol. The lowest BCUT2D eigenvalue weighted by Crippen LogP contribution is -2.10. The number of ether oxygens (including phenoxy) is 4. The number of nitro groups is 2. The maximum atomic E-state index is 11.2. The van der Waals surface area contributed by atoms with Gasteiger partial charge in [0.1, 0.15) is 0 Å². The molecule has 19 heteroatoms. The van der Waals surface area contributed by atoms with E-state index in [9.17, 15) is 20.2 Å². The van der Waals surface area contributed by atoms with Crippen LogP contribution < -0.4 is 34.9 Å². The Morgan fingerprint density at radius 1 is 0.667 bits per heavy atom. The Labute approximate surface area is 378 Å². The van der Waals surface area contributed by atoms with E-state index in [-0.39, 0.29) is 26.2 Å². The highest BCUT2D eigenvalue weighted by atomic mass is 32.1. The molecule has 0 amide bonds. The molecule has 17 nitrogen and oxygen atoms in total. The van der Waals surface area contributed by atoms with E-state index in [4.69, 9.17) is 29.0 Å². The first-order valence-electron chi connectivity index (χ1n) is 18.5. The molecule has 6 rings (SSSR count). The van der Waals surface area contributed by atoms with Gasteiger partial charge in [-0.25, -0.2) is 9.97 Å². The monoisotopic (exact) mass is 908 g/mol. The van der Waals surface area contributed by atoms with Crippen LogP contribution in [0.25, 0.3) is 22.5 Å². The Morgan fingerprint density at radius 3 is 1.59 bits per heavy atom. The molecule has 0 bridgehead atoms. The van der Waals surface area contributed by atoms with Crippen molar-refractivity contribution in [2.45, 2.75) is 34.5 Å². The van der Waals surface area contributed by atoms with Gasteiger partial charge < -0.3 is 44.9 Å². The summed E-state index contributed by atoms with van der Waals surface area (Å²) in [5.74, 6) is 2.69. The van der Waals surface area contributed by atoms with Gasteiger partial charge in [-0.05, 0) is 63.6 Å². The lowest BCUT2D eigenvalue weighted by atomic mass is 10.1. The van der Waals surface area contributed by atoms with Gasteiger partial charge in [0.2, 0.25) is 0 Å². The van der Waals surface area contributed by atoms with Crippen molar-refractivity contribution in [3.05, 3.63) is 127 Å². The van der Waals surface area contributed by atoms with Crippen molar-refractivity contribution in [3.63, 3.8) is 0 Å². The molecular weight excluding hydrogens is 849 g/mol. The Bertz CT molecular complexity index is 2300. The molecule has 342 valence electrons. The molecule has 0 aliphatic rings. The summed E-state index contributed by atoms with van der Waals surface area (Å²) in [5, 5.41) is 41.8. The van der Waals surface area contributed by atoms with Gasteiger partial charge in [0.15, 0.2) is 33.3 Å². The second-order valence-corrected chi connectivity index (χ2v) is 14.7. The van der Waals surface area contributed by atoms with Crippen molar-refractivity contribution in [1.29, 1.82) is 0 Å². The SMILES string of the molecule is C.C.CNC.CO.COc1ccc(CNc2nc(-c3cccc([N+](=O)[O-])c3)c(CN(C)C)s2)cc1OC.COc1ccc(CNc2nc(-c3cccc([N+](=O)[O-])c3)cs2)cc1OC. The standard InChI is InChI=1S/C21H24N4O4S.C18H17N3O4S.C2H7N.CH4O.2CH4/c1-24(2)13-19-20(15-6-5-7-16(11-15)25(26)27)23-21(30-19)22-12-14-8-9-17(28-3)18(10-14)29-4;1-24-16-7-6-12(8-17(16)25-2)10-19-18-20-15(11-26-18)13-4-3-5-14(9-13)21(22)23;1-3-2;1-2;;/h5-11H,12-13H2,1-4H3,(H,22,23);3-9,11H,10H2,1-2H3,(H,19,20);3H,1-2H3;2H,1H3;2*1H4. The van der Waals surface area contributed by atoms with Crippen LogP contribution in [0.2, 0.25) is 0 Å². The van der Waals surface area contributed by atoms with Gasteiger partial charge in [0.05, 0.1) is 49.7 Å². The van der Waals surface area contributed by atoms with Gasteiger partial charge in [-0.15, -0.1) is 22.7 Å². The average molecular weight is 909 g/mol. The smallest absolute Gasteiger partial charge is 0.270 e. The van der Waals surface area contributed by atoms with Gasteiger partial charge in [-0.3, -0.25) is 20.2 Å². The van der Waals surface area contributed by atoms with Crippen LogP contribution in [0, 0.1) is 20.2 Å². The third-order valence-electron chi connectivity index (χ3n) is 8.13. The zero-order chi connectivity index (χ0) is 44.9. The third-order valence-corrected chi connectivity index (χ3v) is 9.93. The number of methoxy groups -OCH3 is 4. The molecule has 0 radical (unpaired) electrons. The van der Waals surface area contributed by atoms with Crippen molar-refractivity contribution in [1.82, 2.24) is 20.2 Å². The summed E-state index contributed by atoms with van der Waals surface area (Å²) in [6.07, 6.45) is 0. The molecule has 0 spiro atoms. The van der Waals surface area contributed by atoms with E-state index in [0.29, 0.717) is 48.3 Å². The quantitative estimate of drug-likeness (QED) is 0.0527. The molecular formula is C44H60N8O9S2. The van der Waals surface area contributed by atoms with E-state index in [1.165, 1.54) is 29.5 Å². The number of anilines is 2. The summed E-state index contributed by atoms with van der Waals surface area (Å²) in [7, 11) is 15.1. The number of aliphatic hydroxyl groups excluding tert-OH is 1.